The van der Waals surface area contributed by atoms with Crippen molar-refractivity contribution < 1.29 is 4.79 Å². The Morgan fingerprint density at radius 2 is 2.18 bits per heavy atom. The number of hydrogen-bond acceptors (Lipinski definition) is 2. The number of carbonyl (C=O) groups excluding carboxylic acids is 1. The summed E-state index contributed by atoms with van der Waals surface area (Å²) in [7, 11) is 1.83. The zero-order valence-corrected chi connectivity index (χ0v) is 12.1. The van der Waals surface area contributed by atoms with Gasteiger partial charge in [-0.05, 0) is 43.7 Å². The van der Waals surface area contributed by atoms with E-state index in [2.05, 4.69) is 21.2 Å². The summed E-state index contributed by atoms with van der Waals surface area (Å²) in [6.45, 7) is 0. The van der Waals surface area contributed by atoms with Gasteiger partial charge in [-0.2, -0.15) is 0 Å². The molecule has 0 bridgehead atoms. The molecule has 2 rings (SSSR count). The first-order valence-electron chi connectivity index (χ1n) is 5.78. The van der Waals surface area contributed by atoms with Crippen molar-refractivity contribution in [3.63, 3.8) is 0 Å². The van der Waals surface area contributed by atoms with Crippen molar-refractivity contribution >= 4 is 33.3 Å². The quantitative estimate of drug-likeness (QED) is 0.902. The highest BCUT2D eigenvalue weighted by Gasteiger charge is 2.41. The lowest BCUT2D eigenvalue weighted by atomic mass is 9.75. The third-order valence-electron chi connectivity index (χ3n) is 3.50. The molecule has 1 aliphatic carbocycles. The standard InChI is InChI=1S/C13H15BrClNO/c1-16-13(7-3-2-4-12(13)17)10-8-9(14)5-6-11(10)15/h5-6,8,16H,2-4,7H2,1H3. The molecule has 0 aliphatic heterocycles. The van der Waals surface area contributed by atoms with E-state index in [0.717, 1.165) is 29.3 Å². The number of likely N-dealkylation sites (N-methyl/N-ethyl adjacent to an activating group) is 1. The summed E-state index contributed by atoms with van der Waals surface area (Å²) in [5.41, 5.74) is 0.291. The Balaban J connectivity index is 2.53. The lowest BCUT2D eigenvalue weighted by Gasteiger charge is -2.36. The highest BCUT2D eigenvalue weighted by molar-refractivity contribution is 9.10. The van der Waals surface area contributed by atoms with Crippen LogP contribution in [0.25, 0.3) is 0 Å². The maximum atomic E-state index is 12.3. The van der Waals surface area contributed by atoms with Crippen LogP contribution in [0, 0.1) is 0 Å². The first-order chi connectivity index (χ1) is 8.10. The Kier molecular flexibility index (Phi) is 3.91. The van der Waals surface area contributed by atoms with Crippen LogP contribution in [0.4, 0.5) is 0 Å². The van der Waals surface area contributed by atoms with Crippen molar-refractivity contribution in [2.24, 2.45) is 0 Å². The first-order valence-corrected chi connectivity index (χ1v) is 6.95. The van der Waals surface area contributed by atoms with Crippen LogP contribution in [-0.2, 0) is 10.3 Å². The predicted octanol–water partition coefficient (Wildman–Crippen LogP) is 3.66. The fraction of sp³-hybridized carbons (Fsp3) is 0.462. The average Bonchev–Trinajstić information content (AvgIpc) is 2.33. The monoisotopic (exact) mass is 315 g/mol. The molecular weight excluding hydrogens is 302 g/mol. The van der Waals surface area contributed by atoms with Crippen LogP contribution in [0.5, 0.6) is 0 Å². The van der Waals surface area contributed by atoms with Gasteiger partial charge >= 0.3 is 0 Å². The molecule has 2 nitrogen and oxygen atoms in total. The van der Waals surface area contributed by atoms with Crippen LogP contribution in [-0.4, -0.2) is 12.8 Å². The maximum absolute atomic E-state index is 12.3. The van der Waals surface area contributed by atoms with Crippen LogP contribution in [0.2, 0.25) is 5.02 Å². The van der Waals surface area contributed by atoms with Gasteiger partial charge in [0.2, 0.25) is 0 Å². The van der Waals surface area contributed by atoms with Gasteiger partial charge in [-0.15, -0.1) is 0 Å². The number of benzene rings is 1. The van der Waals surface area contributed by atoms with E-state index in [1.807, 2.05) is 25.2 Å². The van der Waals surface area contributed by atoms with E-state index < -0.39 is 5.54 Å². The first kappa shape index (κ1) is 13.1. The largest absolute Gasteiger partial charge is 0.304 e. The molecule has 0 spiro atoms. The van der Waals surface area contributed by atoms with Gasteiger partial charge in [0, 0.05) is 15.9 Å². The van der Waals surface area contributed by atoms with Gasteiger partial charge in [0.15, 0.2) is 5.78 Å². The number of hydrogen-bond donors (Lipinski definition) is 1. The van der Waals surface area contributed by atoms with Crippen molar-refractivity contribution in [1.29, 1.82) is 0 Å². The molecule has 1 aromatic rings. The number of rotatable bonds is 2. The fourth-order valence-electron chi connectivity index (χ4n) is 2.54. The molecule has 17 heavy (non-hydrogen) atoms. The van der Waals surface area contributed by atoms with E-state index in [9.17, 15) is 4.79 Å². The molecule has 0 heterocycles. The van der Waals surface area contributed by atoms with Gasteiger partial charge in [-0.1, -0.05) is 34.0 Å². The van der Waals surface area contributed by atoms with Crippen LogP contribution in [0.1, 0.15) is 31.2 Å². The van der Waals surface area contributed by atoms with E-state index >= 15 is 0 Å². The highest BCUT2D eigenvalue weighted by atomic mass is 79.9. The van der Waals surface area contributed by atoms with Gasteiger partial charge in [-0.25, -0.2) is 0 Å². The van der Waals surface area contributed by atoms with E-state index in [0.29, 0.717) is 11.4 Å². The zero-order chi connectivity index (χ0) is 12.5. The van der Waals surface area contributed by atoms with Crippen LogP contribution in [0.3, 0.4) is 0 Å². The molecule has 1 fully saturated rings. The molecule has 0 saturated heterocycles. The molecule has 1 aliphatic rings. The van der Waals surface area contributed by atoms with Crippen molar-refractivity contribution in [3.8, 4) is 0 Å². The molecule has 0 amide bonds. The molecule has 1 aromatic carbocycles. The summed E-state index contributed by atoms with van der Waals surface area (Å²) in [6, 6.07) is 5.67. The number of halogens is 2. The Hall–Kier alpha value is -0.380. The van der Waals surface area contributed by atoms with Crippen molar-refractivity contribution in [2.45, 2.75) is 31.2 Å². The van der Waals surface area contributed by atoms with Crippen LogP contribution < -0.4 is 5.32 Å². The normalized spacial score (nSPS) is 25.0. The summed E-state index contributed by atoms with van der Waals surface area (Å²) in [6.07, 6.45) is 3.48. The fourth-order valence-corrected chi connectivity index (χ4v) is 3.18. The maximum Gasteiger partial charge on any atom is 0.157 e. The van der Waals surface area contributed by atoms with E-state index in [1.165, 1.54) is 0 Å². The van der Waals surface area contributed by atoms with Crippen molar-refractivity contribution in [2.75, 3.05) is 7.05 Å². The van der Waals surface area contributed by atoms with Gasteiger partial charge in [-0.3, -0.25) is 4.79 Å². The third-order valence-corrected chi connectivity index (χ3v) is 4.32. The minimum atomic E-state index is -0.598. The third kappa shape index (κ3) is 2.28. The molecule has 1 saturated carbocycles. The lowest BCUT2D eigenvalue weighted by Crippen LogP contribution is -2.49. The zero-order valence-electron chi connectivity index (χ0n) is 9.72. The SMILES string of the molecule is CNC1(c2cc(Br)ccc2Cl)CCCCC1=O. The second-order valence-electron chi connectivity index (χ2n) is 4.41. The number of Topliss-reactive ketones (excluding diaryl/α,β-unsaturated/α-hetero) is 1. The second kappa shape index (κ2) is 5.09. The lowest BCUT2D eigenvalue weighted by molar-refractivity contribution is -0.127. The minimum absolute atomic E-state index is 0.242. The molecule has 0 aromatic heterocycles. The predicted molar refractivity (Wildman–Crippen MR) is 73.4 cm³/mol. The summed E-state index contributed by atoms with van der Waals surface area (Å²) in [5, 5.41) is 3.85. The van der Waals surface area contributed by atoms with E-state index in [-0.39, 0.29) is 5.78 Å². The van der Waals surface area contributed by atoms with Crippen molar-refractivity contribution in [1.82, 2.24) is 5.32 Å². The molecule has 4 heteroatoms. The molecule has 0 radical (unpaired) electrons. The van der Waals surface area contributed by atoms with Crippen molar-refractivity contribution in [3.05, 3.63) is 33.3 Å². The topological polar surface area (TPSA) is 29.1 Å². The summed E-state index contributed by atoms with van der Waals surface area (Å²) in [4.78, 5) is 12.3. The Bertz CT molecular complexity index is 449. The Morgan fingerprint density at radius 1 is 1.41 bits per heavy atom. The number of nitrogens with one attached hydrogen (secondary N) is 1. The van der Waals surface area contributed by atoms with Gasteiger partial charge in [0.1, 0.15) is 5.54 Å². The summed E-state index contributed by atoms with van der Waals surface area (Å²) >= 11 is 9.69. The Morgan fingerprint density at radius 3 is 2.82 bits per heavy atom. The molecule has 1 unspecified atom stereocenters. The average molecular weight is 317 g/mol. The second-order valence-corrected chi connectivity index (χ2v) is 5.73. The van der Waals surface area contributed by atoms with Crippen LogP contribution >= 0.6 is 27.5 Å². The minimum Gasteiger partial charge on any atom is -0.304 e. The highest BCUT2D eigenvalue weighted by Crippen LogP contribution is 2.38. The number of carbonyl (C=O) groups is 1. The summed E-state index contributed by atoms with van der Waals surface area (Å²) < 4.78 is 0.949. The molecular formula is C13H15BrClNO. The summed E-state index contributed by atoms with van der Waals surface area (Å²) in [5.74, 6) is 0.242. The van der Waals surface area contributed by atoms with E-state index in [1.54, 1.807) is 0 Å². The van der Waals surface area contributed by atoms with Gasteiger partial charge in [0.05, 0.1) is 0 Å². The van der Waals surface area contributed by atoms with Gasteiger partial charge < -0.3 is 5.32 Å². The Labute approximate surface area is 115 Å². The molecule has 1 N–H and O–H groups in total. The smallest absolute Gasteiger partial charge is 0.157 e. The molecule has 1 atom stereocenters. The van der Waals surface area contributed by atoms with Gasteiger partial charge in [0.25, 0.3) is 0 Å². The molecule has 92 valence electrons. The van der Waals surface area contributed by atoms with E-state index in [4.69, 9.17) is 11.6 Å². The van der Waals surface area contributed by atoms with Crippen LogP contribution in [0.15, 0.2) is 22.7 Å². The number of ketones is 1.